The van der Waals surface area contributed by atoms with Crippen LogP contribution in [-0.2, 0) is 4.79 Å². The van der Waals surface area contributed by atoms with Crippen molar-refractivity contribution in [3.63, 3.8) is 0 Å². The Morgan fingerprint density at radius 2 is 2.27 bits per heavy atom. The first-order chi connectivity index (χ1) is 7.20. The van der Waals surface area contributed by atoms with Gasteiger partial charge < -0.3 is 9.64 Å². The summed E-state index contributed by atoms with van der Waals surface area (Å²) in [5, 5.41) is 0. The topological polar surface area (TPSA) is 29.5 Å². The third-order valence-electron chi connectivity index (χ3n) is 2.53. The van der Waals surface area contributed by atoms with Gasteiger partial charge in [-0.1, -0.05) is 0 Å². The molecule has 0 N–H and O–H groups in total. The number of carbonyl (C=O) groups excluding carboxylic acids is 1. The smallest absolute Gasteiger partial charge is 0.153 e. The number of hydrogen-bond acceptors (Lipinski definition) is 3. The van der Waals surface area contributed by atoms with Gasteiger partial charge in [-0.05, 0) is 34.1 Å². The normalized spacial score (nSPS) is 15.9. The van der Waals surface area contributed by atoms with E-state index in [4.69, 9.17) is 4.74 Å². The van der Waals surface area contributed by atoms with Crippen molar-refractivity contribution >= 4 is 27.4 Å². The highest BCUT2D eigenvalue weighted by molar-refractivity contribution is 9.10. The van der Waals surface area contributed by atoms with Crippen molar-refractivity contribution in [3.8, 4) is 5.75 Å². The van der Waals surface area contributed by atoms with Crippen molar-refractivity contribution in [2.24, 2.45) is 0 Å². The highest BCUT2D eigenvalue weighted by atomic mass is 79.9. The summed E-state index contributed by atoms with van der Waals surface area (Å²) in [7, 11) is 1.64. The lowest BCUT2D eigenvalue weighted by Crippen LogP contribution is -2.19. The zero-order chi connectivity index (χ0) is 10.8. The van der Waals surface area contributed by atoms with E-state index in [1.807, 2.05) is 18.2 Å². The molecule has 0 aliphatic carbocycles. The second-order valence-electron chi connectivity index (χ2n) is 3.53. The molecule has 0 unspecified atom stereocenters. The first-order valence-electron chi connectivity index (χ1n) is 4.81. The molecular formula is C11H12BrNO2. The van der Waals surface area contributed by atoms with Crippen LogP contribution in [-0.4, -0.2) is 26.0 Å². The number of carbonyl (C=O) groups is 1. The van der Waals surface area contributed by atoms with E-state index in [1.165, 1.54) is 0 Å². The van der Waals surface area contributed by atoms with Gasteiger partial charge in [0.1, 0.15) is 5.75 Å². The summed E-state index contributed by atoms with van der Waals surface area (Å²) in [6.07, 6.45) is 0.656. The summed E-state index contributed by atoms with van der Waals surface area (Å²) in [6.45, 7) is 1.34. The average Bonchev–Trinajstić information content (AvgIpc) is 2.65. The third kappa shape index (κ3) is 2.15. The molecule has 1 fully saturated rings. The van der Waals surface area contributed by atoms with E-state index in [2.05, 4.69) is 20.8 Å². The minimum Gasteiger partial charge on any atom is -0.496 e. The highest BCUT2D eigenvalue weighted by Crippen LogP contribution is 2.30. The summed E-state index contributed by atoms with van der Waals surface area (Å²) in [4.78, 5) is 13.2. The van der Waals surface area contributed by atoms with Gasteiger partial charge >= 0.3 is 0 Å². The summed E-state index contributed by atoms with van der Waals surface area (Å²) in [6, 6.07) is 5.86. The molecule has 0 bridgehead atoms. The molecule has 0 atom stereocenters. The summed E-state index contributed by atoms with van der Waals surface area (Å²) in [5.74, 6) is 1.12. The number of halogens is 1. The monoisotopic (exact) mass is 269 g/mol. The lowest BCUT2D eigenvalue weighted by molar-refractivity contribution is -0.116. The van der Waals surface area contributed by atoms with Crippen molar-refractivity contribution in [2.75, 3.05) is 25.1 Å². The summed E-state index contributed by atoms with van der Waals surface area (Å²) < 4.78 is 6.07. The SMILES string of the molecule is COc1ccc(N2CCC(=O)C2)cc1Br. The molecule has 0 spiro atoms. The van der Waals surface area contributed by atoms with E-state index in [1.54, 1.807) is 7.11 Å². The number of anilines is 1. The Morgan fingerprint density at radius 1 is 1.47 bits per heavy atom. The minimum absolute atomic E-state index is 0.307. The van der Waals surface area contributed by atoms with Gasteiger partial charge in [0, 0.05) is 18.7 Å². The molecule has 80 valence electrons. The number of ether oxygens (including phenoxy) is 1. The van der Waals surface area contributed by atoms with Gasteiger partial charge in [-0.15, -0.1) is 0 Å². The fraction of sp³-hybridized carbons (Fsp3) is 0.364. The average molecular weight is 270 g/mol. The molecule has 1 aliphatic heterocycles. The maximum absolute atomic E-state index is 11.2. The van der Waals surface area contributed by atoms with Gasteiger partial charge in [-0.3, -0.25) is 4.79 Å². The number of rotatable bonds is 2. The Morgan fingerprint density at radius 3 is 2.80 bits per heavy atom. The molecule has 0 saturated carbocycles. The second-order valence-corrected chi connectivity index (χ2v) is 4.38. The Labute approximate surface area is 97.2 Å². The Hall–Kier alpha value is -1.03. The van der Waals surface area contributed by atoms with Crippen LogP contribution in [0.2, 0.25) is 0 Å². The number of hydrogen-bond donors (Lipinski definition) is 0. The van der Waals surface area contributed by atoms with E-state index >= 15 is 0 Å². The molecule has 0 amide bonds. The fourth-order valence-electron chi connectivity index (χ4n) is 1.70. The number of Topliss-reactive ketones (excluding diaryl/α,β-unsaturated/α-hetero) is 1. The maximum atomic E-state index is 11.2. The van der Waals surface area contributed by atoms with E-state index in [-0.39, 0.29) is 0 Å². The molecule has 0 aromatic heterocycles. The molecule has 3 nitrogen and oxygen atoms in total. The number of methoxy groups -OCH3 is 1. The number of benzene rings is 1. The van der Waals surface area contributed by atoms with E-state index in [0.717, 1.165) is 22.5 Å². The number of nitrogens with zero attached hydrogens (tertiary/aromatic N) is 1. The van der Waals surface area contributed by atoms with E-state index in [0.29, 0.717) is 18.7 Å². The predicted octanol–water partition coefficient (Wildman–Crippen LogP) is 2.24. The molecule has 1 saturated heterocycles. The largest absolute Gasteiger partial charge is 0.496 e. The van der Waals surface area contributed by atoms with Crippen molar-refractivity contribution in [2.45, 2.75) is 6.42 Å². The van der Waals surface area contributed by atoms with Gasteiger partial charge in [0.2, 0.25) is 0 Å². The molecule has 4 heteroatoms. The zero-order valence-electron chi connectivity index (χ0n) is 8.50. The standard InChI is InChI=1S/C11H12BrNO2/c1-15-11-3-2-8(6-10(11)12)13-5-4-9(14)7-13/h2-3,6H,4-5,7H2,1H3. The highest BCUT2D eigenvalue weighted by Gasteiger charge is 2.19. The molecule has 1 heterocycles. The van der Waals surface area contributed by atoms with Crippen molar-refractivity contribution in [3.05, 3.63) is 22.7 Å². The van der Waals surface area contributed by atoms with Gasteiger partial charge in [0.05, 0.1) is 18.1 Å². The van der Waals surface area contributed by atoms with Crippen LogP contribution in [0, 0.1) is 0 Å². The van der Waals surface area contributed by atoms with Crippen LogP contribution in [0.15, 0.2) is 22.7 Å². The van der Waals surface area contributed by atoms with Gasteiger partial charge in [-0.25, -0.2) is 0 Å². The van der Waals surface area contributed by atoms with Crippen LogP contribution in [0.25, 0.3) is 0 Å². The molecule has 2 rings (SSSR count). The lowest BCUT2D eigenvalue weighted by Gasteiger charge is -2.17. The molecule has 1 aliphatic rings. The molecule has 1 aromatic carbocycles. The van der Waals surface area contributed by atoms with Gasteiger partial charge in [0.25, 0.3) is 0 Å². The van der Waals surface area contributed by atoms with E-state index < -0.39 is 0 Å². The third-order valence-corrected chi connectivity index (χ3v) is 3.15. The zero-order valence-corrected chi connectivity index (χ0v) is 10.1. The van der Waals surface area contributed by atoms with Gasteiger partial charge in [-0.2, -0.15) is 0 Å². The van der Waals surface area contributed by atoms with Crippen LogP contribution in [0.5, 0.6) is 5.75 Å². The molecular weight excluding hydrogens is 258 g/mol. The van der Waals surface area contributed by atoms with Crippen LogP contribution in [0.4, 0.5) is 5.69 Å². The first-order valence-corrected chi connectivity index (χ1v) is 5.60. The molecule has 1 aromatic rings. The fourth-order valence-corrected chi connectivity index (χ4v) is 2.23. The van der Waals surface area contributed by atoms with Crippen LogP contribution < -0.4 is 9.64 Å². The quantitative estimate of drug-likeness (QED) is 0.825. The summed E-state index contributed by atoms with van der Waals surface area (Å²) >= 11 is 3.43. The molecule has 15 heavy (non-hydrogen) atoms. The predicted molar refractivity (Wildman–Crippen MR) is 62.5 cm³/mol. The second kappa shape index (κ2) is 4.23. The maximum Gasteiger partial charge on any atom is 0.153 e. The van der Waals surface area contributed by atoms with Crippen LogP contribution in [0.1, 0.15) is 6.42 Å². The van der Waals surface area contributed by atoms with Crippen molar-refractivity contribution in [1.82, 2.24) is 0 Å². The Bertz CT molecular complexity index is 392. The molecule has 0 radical (unpaired) electrons. The Balaban J connectivity index is 2.22. The van der Waals surface area contributed by atoms with E-state index in [9.17, 15) is 4.79 Å². The van der Waals surface area contributed by atoms with Crippen LogP contribution >= 0.6 is 15.9 Å². The lowest BCUT2D eigenvalue weighted by atomic mass is 10.3. The van der Waals surface area contributed by atoms with Crippen LogP contribution in [0.3, 0.4) is 0 Å². The summed E-state index contributed by atoms with van der Waals surface area (Å²) in [5.41, 5.74) is 1.06. The number of ketones is 1. The van der Waals surface area contributed by atoms with Crippen molar-refractivity contribution in [1.29, 1.82) is 0 Å². The van der Waals surface area contributed by atoms with Gasteiger partial charge in [0.15, 0.2) is 5.78 Å². The minimum atomic E-state index is 0.307. The van der Waals surface area contributed by atoms with Crippen molar-refractivity contribution < 1.29 is 9.53 Å². The Kier molecular flexibility index (Phi) is 2.95. The first kappa shape index (κ1) is 10.5.